The van der Waals surface area contributed by atoms with Crippen molar-refractivity contribution in [3.05, 3.63) is 32.6 Å². The lowest BCUT2D eigenvalue weighted by atomic mass is 10.3. The van der Waals surface area contributed by atoms with Crippen LogP contribution in [0.2, 0.25) is 0 Å². The van der Waals surface area contributed by atoms with E-state index in [2.05, 4.69) is 4.98 Å². The molecular formula is C8H12N4O3. The van der Waals surface area contributed by atoms with E-state index in [1.165, 1.54) is 6.20 Å². The van der Waals surface area contributed by atoms with Gasteiger partial charge in [-0.2, -0.15) is 0 Å². The van der Waals surface area contributed by atoms with Gasteiger partial charge in [0.15, 0.2) is 0 Å². The summed E-state index contributed by atoms with van der Waals surface area (Å²) < 4.78 is 1.10. The third kappa shape index (κ3) is 2.53. The quantitative estimate of drug-likeness (QED) is 0.308. The molecule has 0 bridgehead atoms. The first-order chi connectivity index (χ1) is 7.08. The normalized spacial score (nSPS) is 10.0. The Morgan fingerprint density at radius 2 is 2.27 bits per heavy atom. The lowest BCUT2D eigenvalue weighted by Gasteiger charge is -2.04. The van der Waals surface area contributed by atoms with Gasteiger partial charge in [-0.15, -0.1) is 0 Å². The summed E-state index contributed by atoms with van der Waals surface area (Å²) in [5.74, 6) is 4.38. The number of aromatic amines is 1. The Balaban J connectivity index is 3.14. The molecule has 0 radical (unpaired) electrons. The first-order valence-corrected chi connectivity index (χ1v) is 4.40. The molecule has 0 unspecified atom stereocenters. The molecule has 0 aliphatic rings. The Bertz CT molecular complexity index is 474. The number of carbonyl (C=O) groups is 1. The topological polar surface area (TPSA) is 110 Å². The van der Waals surface area contributed by atoms with Crippen molar-refractivity contribution in [1.82, 2.24) is 15.0 Å². The molecule has 7 heteroatoms. The van der Waals surface area contributed by atoms with Crippen molar-refractivity contribution >= 4 is 5.91 Å². The molecule has 0 aliphatic heterocycles. The molecule has 1 rings (SSSR count). The number of carbonyl (C=O) groups excluding carboxylic acids is 1. The highest BCUT2D eigenvalue weighted by molar-refractivity contribution is 5.74. The number of H-pyrrole nitrogens is 1. The minimum Gasteiger partial charge on any atom is -0.293 e. The molecule has 15 heavy (non-hydrogen) atoms. The summed E-state index contributed by atoms with van der Waals surface area (Å²) in [5.41, 5.74) is 1.30. The zero-order chi connectivity index (χ0) is 11.4. The Morgan fingerprint density at radius 1 is 1.60 bits per heavy atom. The van der Waals surface area contributed by atoms with E-state index in [1.54, 1.807) is 6.92 Å². The van der Waals surface area contributed by atoms with Crippen LogP contribution in [0, 0.1) is 0 Å². The van der Waals surface area contributed by atoms with Crippen molar-refractivity contribution in [2.45, 2.75) is 19.9 Å². The number of amides is 1. The summed E-state index contributed by atoms with van der Waals surface area (Å²) in [6.07, 6.45) is 1.84. The van der Waals surface area contributed by atoms with Gasteiger partial charge in [0.2, 0.25) is 0 Å². The zero-order valence-electron chi connectivity index (χ0n) is 8.24. The fourth-order valence-electron chi connectivity index (χ4n) is 1.12. The van der Waals surface area contributed by atoms with E-state index >= 15 is 0 Å². The molecule has 82 valence electrons. The first kappa shape index (κ1) is 11.2. The maximum absolute atomic E-state index is 11.2. The van der Waals surface area contributed by atoms with Gasteiger partial charge in [-0.3, -0.25) is 24.6 Å². The van der Waals surface area contributed by atoms with Crippen LogP contribution in [0.1, 0.15) is 12.5 Å². The van der Waals surface area contributed by atoms with Crippen molar-refractivity contribution in [3.8, 4) is 0 Å². The van der Waals surface area contributed by atoms with E-state index < -0.39 is 17.2 Å². The number of aryl methyl sites for hydroxylation is 1. The predicted molar refractivity (Wildman–Crippen MR) is 53.0 cm³/mol. The molecule has 7 nitrogen and oxygen atoms in total. The fourth-order valence-corrected chi connectivity index (χ4v) is 1.12. The van der Waals surface area contributed by atoms with Crippen LogP contribution in [0.3, 0.4) is 0 Å². The molecule has 0 saturated heterocycles. The summed E-state index contributed by atoms with van der Waals surface area (Å²) >= 11 is 0. The molecule has 4 N–H and O–H groups in total. The second-order valence-corrected chi connectivity index (χ2v) is 2.96. The van der Waals surface area contributed by atoms with E-state index in [0.29, 0.717) is 12.0 Å². The average Bonchev–Trinajstić information content (AvgIpc) is 2.21. The van der Waals surface area contributed by atoms with Gasteiger partial charge in [0.1, 0.15) is 6.54 Å². The standard InChI is InChI=1S/C8H12N4O3/c1-2-5-3-12(4-6(13)11-9)8(15)10-7(5)14/h3H,2,4,9H2,1H3,(H,11,13)(H,10,14,15). The van der Waals surface area contributed by atoms with Gasteiger partial charge in [-0.05, 0) is 6.42 Å². The molecule has 0 aliphatic carbocycles. The summed E-state index contributed by atoms with van der Waals surface area (Å²) in [4.78, 5) is 35.5. The molecule has 1 heterocycles. The highest BCUT2D eigenvalue weighted by Crippen LogP contribution is 1.88. The number of nitrogens with two attached hydrogens (primary N) is 1. The van der Waals surface area contributed by atoms with Gasteiger partial charge in [0.05, 0.1) is 0 Å². The third-order valence-corrected chi connectivity index (χ3v) is 1.94. The third-order valence-electron chi connectivity index (χ3n) is 1.94. The van der Waals surface area contributed by atoms with Crippen LogP contribution in [-0.2, 0) is 17.8 Å². The van der Waals surface area contributed by atoms with E-state index in [0.717, 1.165) is 4.57 Å². The monoisotopic (exact) mass is 212 g/mol. The Labute approximate surface area is 84.9 Å². The van der Waals surface area contributed by atoms with Crippen molar-refractivity contribution in [2.75, 3.05) is 0 Å². The lowest BCUT2D eigenvalue weighted by Crippen LogP contribution is -2.39. The SMILES string of the molecule is CCc1cn(CC(=O)NN)c(=O)[nH]c1=O. The van der Waals surface area contributed by atoms with E-state index in [9.17, 15) is 14.4 Å². The number of hydrazine groups is 1. The molecule has 1 aromatic heterocycles. The average molecular weight is 212 g/mol. The van der Waals surface area contributed by atoms with Gasteiger partial charge < -0.3 is 0 Å². The van der Waals surface area contributed by atoms with Crippen molar-refractivity contribution in [3.63, 3.8) is 0 Å². The molecule has 1 aromatic rings. The van der Waals surface area contributed by atoms with Crippen molar-refractivity contribution in [2.24, 2.45) is 5.84 Å². The molecule has 0 spiro atoms. The van der Waals surface area contributed by atoms with Gasteiger partial charge >= 0.3 is 5.69 Å². The Kier molecular flexibility index (Phi) is 3.40. The van der Waals surface area contributed by atoms with Gasteiger partial charge in [0, 0.05) is 11.8 Å². The van der Waals surface area contributed by atoms with Crippen molar-refractivity contribution < 1.29 is 4.79 Å². The minimum atomic E-state index is -0.624. The lowest BCUT2D eigenvalue weighted by molar-refractivity contribution is -0.121. The number of hydrogen-bond donors (Lipinski definition) is 3. The molecular weight excluding hydrogens is 200 g/mol. The van der Waals surface area contributed by atoms with Gasteiger partial charge in [0.25, 0.3) is 11.5 Å². The number of nitrogens with zero attached hydrogens (tertiary/aromatic N) is 1. The number of rotatable bonds is 3. The molecule has 0 fully saturated rings. The summed E-state index contributed by atoms with van der Waals surface area (Å²) in [5, 5.41) is 0. The van der Waals surface area contributed by atoms with Crippen LogP contribution < -0.4 is 22.5 Å². The zero-order valence-corrected chi connectivity index (χ0v) is 8.24. The number of aromatic nitrogens is 2. The van der Waals surface area contributed by atoms with Crippen LogP contribution >= 0.6 is 0 Å². The van der Waals surface area contributed by atoms with E-state index in [4.69, 9.17) is 5.84 Å². The van der Waals surface area contributed by atoms with Crippen molar-refractivity contribution in [1.29, 1.82) is 0 Å². The summed E-state index contributed by atoms with van der Waals surface area (Å²) in [6, 6.07) is 0. The maximum atomic E-state index is 11.2. The summed E-state index contributed by atoms with van der Waals surface area (Å²) in [7, 11) is 0. The molecule has 0 aromatic carbocycles. The van der Waals surface area contributed by atoms with Crippen LogP contribution in [0.25, 0.3) is 0 Å². The Hall–Kier alpha value is -1.89. The highest BCUT2D eigenvalue weighted by atomic mass is 16.2. The maximum Gasteiger partial charge on any atom is 0.328 e. The summed E-state index contributed by atoms with van der Waals surface area (Å²) in [6.45, 7) is 1.57. The second kappa shape index (κ2) is 4.56. The first-order valence-electron chi connectivity index (χ1n) is 4.40. The Morgan fingerprint density at radius 3 is 2.80 bits per heavy atom. The highest BCUT2D eigenvalue weighted by Gasteiger charge is 2.05. The predicted octanol–water partition coefficient (Wildman–Crippen LogP) is -1.91. The smallest absolute Gasteiger partial charge is 0.293 e. The molecule has 0 saturated carbocycles. The number of nitrogens with one attached hydrogen (secondary N) is 2. The van der Waals surface area contributed by atoms with Gasteiger partial charge in [-0.1, -0.05) is 6.92 Å². The van der Waals surface area contributed by atoms with Crippen LogP contribution in [0.15, 0.2) is 15.8 Å². The minimum absolute atomic E-state index is 0.209. The number of hydrogen-bond acceptors (Lipinski definition) is 4. The fraction of sp³-hybridized carbons (Fsp3) is 0.375. The van der Waals surface area contributed by atoms with Crippen LogP contribution in [0.5, 0.6) is 0 Å². The second-order valence-electron chi connectivity index (χ2n) is 2.96. The van der Waals surface area contributed by atoms with Crippen LogP contribution in [-0.4, -0.2) is 15.5 Å². The van der Waals surface area contributed by atoms with Crippen LogP contribution in [0.4, 0.5) is 0 Å². The van der Waals surface area contributed by atoms with Gasteiger partial charge in [-0.25, -0.2) is 10.6 Å². The van der Waals surface area contributed by atoms with E-state index in [-0.39, 0.29) is 6.54 Å². The molecule has 0 atom stereocenters. The largest absolute Gasteiger partial charge is 0.328 e. The molecule has 1 amide bonds. The van der Waals surface area contributed by atoms with E-state index in [1.807, 2.05) is 5.43 Å².